The van der Waals surface area contributed by atoms with E-state index in [2.05, 4.69) is 35.5 Å². The van der Waals surface area contributed by atoms with Crippen LogP contribution in [-0.4, -0.2) is 33.9 Å². The van der Waals surface area contributed by atoms with Crippen molar-refractivity contribution in [1.29, 1.82) is 0 Å². The molecule has 1 N–H and O–H groups in total. The Balaban J connectivity index is 1.63. The average Bonchev–Trinajstić information content (AvgIpc) is 3.33. The maximum atomic E-state index is 12.8. The number of aryl methyl sites for hydroxylation is 1. The lowest BCUT2D eigenvalue weighted by Gasteiger charge is -2.27. The Bertz CT molecular complexity index is 560. The molecule has 1 saturated heterocycles. The summed E-state index contributed by atoms with van der Waals surface area (Å²) in [5, 5.41) is 3.62. The topological polar surface area (TPSA) is 32.3 Å². The van der Waals surface area contributed by atoms with Gasteiger partial charge in [-0.05, 0) is 51.0 Å². The molecule has 1 aliphatic heterocycles. The number of thioether (sulfide) groups is 1. The Labute approximate surface area is 128 Å². The van der Waals surface area contributed by atoms with Gasteiger partial charge in [0, 0.05) is 21.0 Å². The van der Waals surface area contributed by atoms with Crippen molar-refractivity contribution >= 4 is 29.0 Å². The van der Waals surface area contributed by atoms with Crippen LogP contribution in [0.4, 0.5) is 0 Å². The van der Waals surface area contributed by atoms with Crippen molar-refractivity contribution in [2.75, 3.05) is 12.8 Å². The number of hydrogen-bond acceptors (Lipinski definition) is 4. The van der Waals surface area contributed by atoms with Crippen LogP contribution in [0.1, 0.15) is 41.6 Å². The van der Waals surface area contributed by atoms with E-state index in [1.165, 1.54) is 22.6 Å². The summed E-state index contributed by atoms with van der Waals surface area (Å²) in [5.74, 6) is 0.342. The van der Waals surface area contributed by atoms with E-state index < -0.39 is 0 Å². The average molecular weight is 308 g/mol. The Morgan fingerprint density at radius 2 is 2.15 bits per heavy atom. The fourth-order valence-electron chi connectivity index (χ4n) is 3.14. The maximum Gasteiger partial charge on any atom is 0.244 e. The smallest absolute Gasteiger partial charge is 0.244 e. The number of thiophene rings is 1. The first kappa shape index (κ1) is 13.2. The Kier molecular flexibility index (Phi) is 2.79. The van der Waals surface area contributed by atoms with Gasteiger partial charge < -0.3 is 4.90 Å². The first-order valence-corrected chi connectivity index (χ1v) is 9.32. The van der Waals surface area contributed by atoms with Crippen LogP contribution in [0.25, 0.3) is 0 Å². The molecule has 2 heterocycles. The molecule has 1 atom stereocenters. The van der Waals surface area contributed by atoms with Gasteiger partial charge in [0.2, 0.25) is 5.91 Å². The molecule has 0 bridgehead atoms. The molecule has 0 radical (unpaired) electrons. The SMILES string of the molecule is CSC1(CN2C(=O)C3(CC3)NC2c2ccc(C)s2)CC1. The Morgan fingerprint density at radius 3 is 2.65 bits per heavy atom. The first-order valence-electron chi connectivity index (χ1n) is 7.28. The second-order valence-electron chi connectivity index (χ2n) is 6.40. The molecule has 0 aromatic carbocycles. The highest BCUT2D eigenvalue weighted by atomic mass is 32.2. The van der Waals surface area contributed by atoms with Crippen LogP contribution in [0, 0.1) is 6.92 Å². The monoisotopic (exact) mass is 308 g/mol. The standard InChI is InChI=1S/C15H20N2OS2/c1-10-3-4-11(20-10)12-16-15(7-8-15)13(18)17(12)9-14(19-2)5-6-14/h3-4,12,16H,5-9H2,1-2H3. The van der Waals surface area contributed by atoms with Gasteiger partial charge in [-0.15, -0.1) is 11.3 Å². The molecule has 4 rings (SSSR count). The van der Waals surface area contributed by atoms with Crippen molar-refractivity contribution in [3.05, 3.63) is 21.9 Å². The van der Waals surface area contributed by atoms with Gasteiger partial charge in [0.25, 0.3) is 0 Å². The van der Waals surface area contributed by atoms with E-state index in [1.54, 1.807) is 0 Å². The second-order valence-corrected chi connectivity index (χ2v) is 8.99. The van der Waals surface area contributed by atoms with Gasteiger partial charge in [-0.1, -0.05) is 0 Å². The van der Waals surface area contributed by atoms with Gasteiger partial charge >= 0.3 is 0 Å². The lowest BCUT2D eigenvalue weighted by atomic mass is 10.2. The minimum absolute atomic E-state index is 0.105. The van der Waals surface area contributed by atoms with E-state index in [0.29, 0.717) is 10.7 Å². The van der Waals surface area contributed by atoms with Crippen LogP contribution >= 0.6 is 23.1 Å². The maximum absolute atomic E-state index is 12.8. The molecule has 20 heavy (non-hydrogen) atoms. The van der Waals surface area contributed by atoms with Gasteiger partial charge in [-0.25, -0.2) is 0 Å². The number of nitrogens with one attached hydrogen (secondary N) is 1. The van der Waals surface area contributed by atoms with E-state index >= 15 is 0 Å². The summed E-state index contributed by atoms with van der Waals surface area (Å²) in [6, 6.07) is 4.34. The van der Waals surface area contributed by atoms with Gasteiger partial charge in [-0.3, -0.25) is 10.1 Å². The summed E-state index contributed by atoms with van der Waals surface area (Å²) in [6.45, 7) is 3.04. The third-order valence-corrected chi connectivity index (χ3v) is 7.33. The number of carbonyl (C=O) groups is 1. The van der Waals surface area contributed by atoms with E-state index in [1.807, 2.05) is 23.1 Å². The van der Waals surface area contributed by atoms with Crippen LogP contribution < -0.4 is 5.32 Å². The Hall–Kier alpha value is -0.520. The fraction of sp³-hybridized carbons (Fsp3) is 0.667. The lowest BCUT2D eigenvalue weighted by molar-refractivity contribution is -0.130. The van der Waals surface area contributed by atoms with Gasteiger partial charge in [0.15, 0.2) is 0 Å². The number of carbonyl (C=O) groups excluding carboxylic acids is 1. The minimum atomic E-state index is -0.211. The van der Waals surface area contributed by atoms with Gasteiger partial charge in [0.1, 0.15) is 11.7 Å². The summed E-state index contributed by atoms with van der Waals surface area (Å²) in [7, 11) is 0. The van der Waals surface area contributed by atoms with Crippen molar-refractivity contribution in [2.24, 2.45) is 0 Å². The van der Waals surface area contributed by atoms with Crippen LogP contribution in [0.5, 0.6) is 0 Å². The number of hydrogen-bond donors (Lipinski definition) is 1. The van der Waals surface area contributed by atoms with Crippen LogP contribution in [0.2, 0.25) is 0 Å². The van der Waals surface area contributed by atoms with Crippen molar-refractivity contribution in [3.63, 3.8) is 0 Å². The molecular weight excluding hydrogens is 288 g/mol. The van der Waals surface area contributed by atoms with Crippen molar-refractivity contribution in [1.82, 2.24) is 10.2 Å². The number of amides is 1. The summed E-state index contributed by atoms with van der Waals surface area (Å²) >= 11 is 3.74. The van der Waals surface area contributed by atoms with Gasteiger partial charge in [-0.2, -0.15) is 11.8 Å². The Morgan fingerprint density at radius 1 is 1.40 bits per heavy atom. The zero-order valence-corrected chi connectivity index (χ0v) is 13.6. The van der Waals surface area contributed by atoms with Gasteiger partial charge in [0.05, 0.1) is 0 Å². The molecule has 1 aromatic rings. The van der Waals surface area contributed by atoms with Crippen LogP contribution in [0.15, 0.2) is 12.1 Å². The highest BCUT2D eigenvalue weighted by molar-refractivity contribution is 8.00. The number of nitrogens with zero attached hydrogens (tertiary/aromatic N) is 1. The van der Waals surface area contributed by atoms with E-state index in [-0.39, 0.29) is 11.7 Å². The first-order chi connectivity index (χ1) is 9.57. The summed E-state index contributed by atoms with van der Waals surface area (Å²) in [4.78, 5) is 17.5. The fourth-order valence-corrected chi connectivity index (χ4v) is 4.86. The third kappa shape index (κ3) is 1.94. The molecule has 1 unspecified atom stereocenters. The minimum Gasteiger partial charge on any atom is -0.319 e. The quantitative estimate of drug-likeness (QED) is 0.928. The van der Waals surface area contributed by atoms with Crippen molar-refractivity contribution in [2.45, 2.75) is 49.1 Å². The summed E-state index contributed by atoms with van der Waals surface area (Å²) in [5.41, 5.74) is -0.211. The molecule has 108 valence electrons. The summed E-state index contributed by atoms with van der Waals surface area (Å²) < 4.78 is 0.336. The molecule has 1 spiro atoms. The molecule has 1 aromatic heterocycles. The molecule has 2 saturated carbocycles. The van der Waals surface area contributed by atoms with E-state index in [9.17, 15) is 4.79 Å². The molecular formula is C15H20N2OS2. The van der Waals surface area contributed by atoms with Crippen molar-refractivity contribution in [3.8, 4) is 0 Å². The van der Waals surface area contributed by atoms with Crippen LogP contribution in [0.3, 0.4) is 0 Å². The molecule has 3 nitrogen and oxygen atoms in total. The van der Waals surface area contributed by atoms with Crippen LogP contribution in [-0.2, 0) is 4.79 Å². The normalized spacial score (nSPS) is 29.2. The summed E-state index contributed by atoms with van der Waals surface area (Å²) in [6.07, 6.45) is 6.80. The molecule has 3 fully saturated rings. The predicted octanol–water partition coefficient (Wildman–Crippen LogP) is 2.92. The highest BCUT2D eigenvalue weighted by Gasteiger charge is 2.61. The highest BCUT2D eigenvalue weighted by Crippen LogP contribution is 2.52. The molecule has 1 amide bonds. The lowest BCUT2D eigenvalue weighted by Crippen LogP contribution is -2.37. The zero-order chi connectivity index (χ0) is 14.0. The van der Waals surface area contributed by atoms with E-state index in [4.69, 9.17) is 0 Å². The molecule has 3 aliphatic rings. The zero-order valence-electron chi connectivity index (χ0n) is 11.9. The molecule has 2 aliphatic carbocycles. The van der Waals surface area contributed by atoms with E-state index in [0.717, 1.165) is 19.4 Å². The molecule has 5 heteroatoms. The largest absolute Gasteiger partial charge is 0.319 e. The third-order valence-electron chi connectivity index (χ3n) is 4.87. The van der Waals surface area contributed by atoms with Crippen molar-refractivity contribution < 1.29 is 4.79 Å². The second kappa shape index (κ2) is 4.24. The predicted molar refractivity (Wildman–Crippen MR) is 84.1 cm³/mol. The number of rotatable bonds is 4.